The Balaban J connectivity index is 1.54. The molecular weight excluding hydrogens is 240 g/mol. The topological polar surface area (TPSA) is 47.7 Å². The van der Waals surface area contributed by atoms with Gasteiger partial charge in [0, 0.05) is 18.8 Å². The Kier molecular flexibility index (Phi) is 3.62. The molecule has 4 nitrogen and oxygen atoms in total. The Hall–Kier alpha value is -1.26. The zero-order valence-electron chi connectivity index (χ0n) is 11.5. The van der Waals surface area contributed by atoms with E-state index in [0.29, 0.717) is 12.1 Å². The monoisotopic (exact) mass is 262 g/mol. The molecule has 0 radical (unpaired) electrons. The number of likely N-dealkylation sites (tertiary alicyclic amines) is 1. The third-order valence-corrected chi connectivity index (χ3v) is 4.11. The van der Waals surface area contributed by atoms with Gasteiger partial charge in [-0.3, -0.25) is 4.90 Å². The fourth-order valence-corrected chi connectivity index (χ4v) is 2.78. The number of anilines is 1. The van der Waals surface area contributed by atoms with E-state index < -0.39 is 0 Å². The highest BCUT2D eigenvalue weighted by molar-refractivity contribution is 5.47. The maximum atomic E-state index is 6.11. The van der Waals surface area contributed by atoms with Crippen molar-refractivity contribution in [2.45, 2.75) is 31.9 Å². The number of ether oxygens (including phenoxy) is 2. The van der Waals surface area contributed by atoms with E-state index in [2.05, 4.69) is 4.90 Å². The molecule has 1 aromatic rings. The Morgan fingerprint density at radius 3 is 2.58 bits per heavy atom. The van der Waals surface area contributed by atoms with Gasteiger partial charge in [0.1, 0.15) is 11.9 Å². The SMILES string of the molecule is Cc1cc(N)ccc1OC1CCN(C2COC2)CC1. The number of nitrogens with zero attached hydrogens (tertiary/aromatic N) is 1. The molecule has 0 amide bonds. The van der Waals surface area contributed by atoms with E-state index in [1.807, 2.05) is 25.1 Å². The van der Waals surface area contributed by atoms with Gasteiger partial charge in [-0.15, -0.1) is 0 Å². The number of piperidine rings is 1. The molecule has 0 aromatic heterocycles. The largest absolute Gasteiger partial charge is 0.490 e. The van der Waals surface area contributed by atoms with Crippen LogP contribution in [-0.4, -0.2) is 43.3 Å². The second kappa shape index (κ2) is 5.39. The van der Waals surface area contributed by atoms with Gasteiger partial charge in [-0.2, -0.15) is 0 Å². The summed E-state index contributed by atoms with van der Waals surface area (Å²) in [6.07, 6.45) is 2.53. The molecule has 104 valence electrons. The molecule has 4 heteroatoms. The summed E-state index contributed by atoms with van der Waals surface area (Å²) in [5.74, 6) is 0.972. The third kappa shape index (κ3) is 2.85. The lowest BCUT2D eigenvalue weighted by Crippen LogP contribution is -2.52. The average Bonchev–Trinajstić information content (AvgIpc) is 2.33. The molecule has 3 rings (SSSR count). The normalized spacial score (nSPS) is 22.2. The molecule has 1 aromatic carbocycles. The van der Waals surface area contributed by atoms with Gasteiger partial charge in [0.25, 0.3) is 0 Å². The molecule has 0 unspecified atom stereocenters. The van der Waals surface area contributed by atoms with Crippen LogP contribution in [0.1, 0.15) is 18.4 Å². The lowest BCUT2D eigenvalue weighted by atomic mass is 10.0. The second-order valence-electron chi connectivity index (χ2n) is 5.57. The quantitative estimate of drug-likeness (QED) is 0.844. The van der Waals surface area contributed by atoms with Crippen molar-refractivity contribution in [3.8, 4) is 5.75 Å². The summed E-state index contributed by atoms with van der Waals surface area (Å²) < 4.78 is 11.4. The van der Waals surface area contributed by atoms with Gasteiger partial charge in [0.15, 0.2) is 0 Å². The zero-order valence-corrected chi connectivity index (χ0v) is 11.5. The van der Waals surface area contributed by atoms with E-state index in [1.54, 1.807) is 0 Å². The molecule has 2 N–H and O–H groups in total. The van der Waals surface area contributed by atoms with Crippen LogP contribution in [0.15, 0.2) is 18.2 Å². The van der Waals surface area contributed by atoms with E-state index in [1.165, 1.54) is 0 Å². The van der Waals surface area contributed by atoms with E-state index in [9.17, 15) is 0 Å². The number of nitrogens with two attached hydrogens (primary N) is 1. The van der Waals surface area contributed by atoms with Crippen molar-refractivity contribution in [2.75, 3.05) is 32.0 Å². The Morgan fingerprint density at radius 2 is 2.00 bits per heavy atom. The first-order valence-corrected chi connectivity index (χ1v) is 7.07. The molecule has 0 saturated carbocycles. The van der Waals surface area contributed by atoms with Crippen LogP contribution in [0.3, 0.4) is 0 Å². The molecule has 0 spiro atoms. The smallest absolute Gasteiger partial charge is 0.122 e. The molecule has 0 aliphatic carbocycles. The van der Waals surface area contributed by atoms with Gasteiger partial charge in [0.2, 0.25) is 0 Å². The van der Waals surface area contributed by atoms with Crippen LogP contribution in [0.2, 0.25) is 0 Å². The number of aryl methyl sites for hydroxylation is 1. The van der Waals surface area contributed by atoms with Gasteiger partial charge in [-0.25, -0.2) is 0 Å². The molecule has 19 heavy (non-hydrogen) atoms. The lowest BCUT2D eigenvalue weighted by Gasteiger charge is -2.41. The van der Waals surface area contributed by atoms with Crippen molar-refractivity contribution in [1.29, 1.82) is 0 Å². The fourth-order valence-electron chi connectivity index (χ4n) is 2.78. The minimum Gasteiger partial charge on any atom is -0.490 e. The van der Waals surface area contributed by atoms with Gasteiger partial charge in [0.05, 0.1) is 19.3 Å². The van der Waals surface area contributed by atoms with Crippen LogP contribution in [0, 0.1) is 6.92 Å². The molecule has 2 saturated heterocycles. The summed E-state index contributed by atoms with van der Waals surface area (Å²) in [4.78, 5) is 2.53. The summed E-state index contributed by atoms with van der Waals surface area (Å²) in [7, 11) is 0. The Labute approximate surface area is 114 Å². The lowest BCUT2D eigenvalue weighted by molar-refractivity contribution is -0.0778. The van der Waals surface area contributed by atoms with Gasteiger partial charge >= 0.3 is 0 Å². The molecule has 2 fully saturated rings. The zero-order chi connectivity index (χ0) is 13.2. The summed E-state index contributed by atoms with van der Waals surface area (Å²) in [5, 5.41) is 0. The van der Waals surface area contributed by atoms with Crippen molar-refractivity contribution in [1.82, 2.24) is 4.90 Å². The number of nitrogen functional groups attached to an aromatic ring is 1. The Bertz CT molecular complexity index is 438. The standard InChI is InChI=1S/C15H22N2O2/c1-11-8-12(16)2-3-15(11)19-14-4-6-17(7-5-14)13-9-18-10-13/h2-3,8,13-14H,4-7,9-10,16H2,1H3. The van der Waals surface area contributed by atoms with Crippen LogP contribution >= 0.6 is 0 Å². The van der Waals surface area contributed by atoms with Crippen molar-refractivity contribution >= 4 is 5.69 Å². The summed E-state index contributed by atoms with van der Waals surface area (Å²) in [6.45, 7) is 6.09. The number of hydrogen-bond acceptors (Lipinski definition) is 4. The van der Waals surface area contributed by atoms with E-state index >= 15 is 0 Å². The molecule has 0 atom stereocenters. The van der Waals surface area contributed by atoms with Crippen LogP contribution in [0.25, 0.3) is 0 Å². The first-order chi connectivity index (χ1) is 9.22. The minimum atomic E-state index is 0.333. The van der Waals surface area contributed by atoms with Crippen molar-refractivity contribution in [2.24, 2.45) is 0 Å². The van der Waals surface area contributed by atoms with Gasteiger partial charge in [-0.05, 0) is 43.5 Å². The van der Waals surface area contributed by atoms with Crippen LogP contribution in [0.5, 0.6) is 5.75 Å². The highest BCUT2D eigenvalue weighted by Crippen LogP contribution is 2.25. The first-order valence-electron chi connectivity index (χ1n) is 7.07. The maximum absolute atomic E-state index is 6.11. The fraction of sp³-hybridized carbons (Fsp3) is 0.600. The predicted octanol–water partition coefficient (Wildman–Crippen LogP) is 1.82. The van der Waals surface area contributed by atoms with Crippen molar-refractivity contribution in [3.05, 3.63) is 23.8 Å². The maximum Gasteiger partial charge on any atom is 0.122 e. The molecule has 2 aliphatic heterocycles. The summed E-state index contributed by atoms with van der Waals surface area (Å²) in [6, 6.07) is 6.51. The first kappa shape index (κ1) is 12.8. The van der Waals surface area contributed by atoms with Crippen LogP contribution in [-0.2, 0) is 4.74 Å². The number of rotatable bonds is 3. The number of benzene rings is 1. The third-order valence-electron chi connectivity index (χ3n) is 4.11. The Morgan fingerprint density at radius 1 is 1.26 bits per heavy atom. The van der Waals surface area contributed by atoms with E-state index in [-0.39, 0.29) is 0 Å². The van der Waals surface area contributed by atoms with Crippen LogP contribution < -0.4 is 10.5 Å². The van der Waals surface area contributed by atoms with E-state index in [4.69, 9.17) is 15.2 Å². The highest BCUT2D eigenvalue weighted by Gasteiger charge is 2.30. The van der Waals surface area contributed by atoms with Gasteiger partial charge in [-0.1, -0.05) is 0 Å². The minimum absolute atomic E-state index is 0.333. The van der Waals surface area contributed by atoms with Crippen molar-refractivity contribution < 1.29 is 9.47 Å². The number of hydrogen-bond donors (Lipinski definition) is 1. The summed E-state index contributed by atoms with van der Waals surface area (Å²) in [5.41, 5.74) is 7.68. The van der Waals surface area contributed by atoms with Crippen molar-refractivity contribution in [3.63, 3.8) is 0 Å². The van der Waals surface area contributed by atoms with Crippen LogP contribution in [0.4, 0.5) is 5.69 Å². The van der Waals surface area contributed by atoms with E-state index in [0.717, 1.165) is 56.1 Å². The molecular formula is C15H22N2O2. The molecule has 2 aliphatic rings. The summed E-state index contributed by atoms with van der Waals surface area (Å²) >= 11 is 0. The molecule has 2 heterocycles. The average molecular weight is 262 g/mol. The predicted molar refractivity (Wildman–Crippen MR) is 75.4 cm³/mol. The van der Waals surface area contributed by atoms with Gasteiger partial charge < -0.3 is 15.2 Å². The second-order valence-corrected chi connectivity index (χ2v) is 5.57. The molecule has 0 bridgehead atoms. The highest BCUT2D eigenvalue weighted by atomic mass is 16.5.